The number of amides is 2. The summed E-state index contributed by atoms with van der Waals surface area (Å²) in [6, 6.07) is 15.1. The Bertz CT molecular complexity index is 848. The number of halogens is 1. The van der Waals surface area contributed by atoms with Crippen molar-refractivity contribution in [2.24, 2.45) is 0 Å². The summed E-state index contributed by atoms with van der Waals surface area (Å²) in [4.78, 5) is 26.8. The summed E-state index contributed by atoms with van der Waals surface area (Å²) in [5.41, 5.74) is 1.75. The highest BCUT2D eigenvalue weighted by Gasteiger charge is 2.25. The van der Waals surface area contributed by atoms with E-state index in [2.05, 4.69) is 5.32 Å². The number of nitrogens with one attached hydrogen (secondary N) is 1. The van der Waals surface area contributed by atoms with Gasteiger partial charge < -0.3 is 15.0 Å². The van der Waals surface area contributed by atoms with E-state index in [1.807, 2.05) is 54.3 Å². The largest absolute Gasteiger partial charge is 0.492 e. The smallest absolute Gasteiger partial charge is 0.254 e. The van der Waals surface area contributed by atoms with Crippen molar-refractivity contribution >= 4 is 23.4 Å². The van der Waals surface area contributed by atoms with E-state index in [0.717, 1.165) is 24.0 Å². The van der Waals surface area contributed by atoms with Gasteiger partial charge in [0.15, 0.2) is 0 Å². The first-order valence-corrected chi connectivity index (χ1v) is 10.4. The first-order chi connectivity index (χ1) is 14.0. The highest BCUT2D eigenvalue weighted by Crippen LogP contribution is 2.23. The second kappa shape index (κ2) is 10.3. The van der Waals surface area contributed by atoms with Gasteiger partial charge in [0.2, 0.25) is 5.91 Å². The van der Waals surface area contributed by atoms with Gasteiger partial charge in [0.25, 0.3) is 5.91 Å². The number of para-hydroxylation sites is 1. The molecule has 0 aromatic heterocycles. The van der Waals surface area contributed by atoms with Crippen LogP contribution in [-0.4, -0.2) is 42.5 Å². The second-order valence-corrected chi connectivity index (χ2v) is 7.74. The van der Waals surface area contributed by atoms with Crippen molar-refractivity contribution in [2.45, 2.75) is 38.6 Å². The zero-order chi connectivity index (χ0) is 20.6. The van der Waals surface area contributed by atoms with E-state index in [-0.39, 0.29) is 17.9 Å². The van der Waals surface area contributed by atoms with Gasteiger partial charge in [-0.1, -0.05) is 41.9 Å². The van der Waals surface area contributed by atoms with Crippen LogP contribution in [0.4, 0.5) is 0 Å². The van der Waals surface area contributed by atoms with Crippen molar-refractivity contribution in [1.82, 2.24) is 10.2 Å². The Labute approximate surface area is 177 Å². The number of ether oxygens (including phenoxy) is 1. The number of hydrogen-bond acceptors (Lipinski definition) is 3. The molecule has 1 N–H and O–H groups in total. The molecule has 0 spiro atoms. The predicted molar refractivity (Wildman–Crippen MR) is 114 cm³/mol. The molecule has 2 aromatic carbocycles. The molecule has 0 saturated carbocycles. The lowest BCUT2D eigenvalue weighted by molar-refractivity contribution is -0.122. The quantitative estimate of drug-likeness (QED) is 0.690. The molecule has 5 nitrogen and oxygen atoms in total. The van der Waals surface area contributed by atoms with Gasteiger partial charge in [-0.3, -0.25) is 9.59 Å². The summed E-state index contributed by atoms with van der Waals surface area (Å²) in [6.07, 6.45) is 2.59. The molecule has 0 unspecified atom stereocenters. The molecule has 29 heavy (non-hydrogen) atoms. The number of rotatable bonds is 7. The van der Waals surface area contributed by atoms with Gasteiger partial charge in [0.1, 0.15) is 5.75 Å². The molecule has 154 valence electrons. The summed E-state index contributed by atoms with van der Waals surface area (Å²) in [5, 5.41) is 3.65. The van der Waals surface area contributed by atoms with Gasteiger partial charge in [-0.25, -0.2) is 0 Å². The van der Waals surface area contributed by atoms with Crippen molar-refractivity contribution in [3.8, 4) is 5.75 Å². The Morgan fingerprint density at radius 1 is 1.10 bits per heavy atom. The highest BCUT2D eigenvalue weighted by molar-refractivity contribution is 6.32. The summed E-state index contributed by atoms with van der Waals surface area (Å²) < 4.78 is 5.61. The minimum Gasteiger partial charge on any atom is -0.492 e. The van der Waals surface area contributed by atoms with Crippen LogP contribution < -0.4 is 10.1 Å². The molecule has 0 atom stereocenters. The van der Waals surface area contributed by atoms with Crippen LogP contribution >= 0.6 is 11.6 Å². The van der Waals surface area contributed by atoms with Crippen LogP contribution in [0.3, 0.4) is 0 Å². The lowest BCUT2D eigenvalue weighted by atomic mass is 10.0. The van der Waals surface area contributed by atoms with Crippen LogP contribution in [0, 0.1) is 6.92 Å². The molecule has 1 aliphatic rings. The first-order valence-electron chi connectivity index (χ1n) is 10.1. The van der Waals surface area contributed by atoms with E-state index in [0.29, 0.717) is 43.3 Å². The topological polar surface area (TPSA) is 58.6 Å². The Kier molecular flexibility index (Phi) is 7.53. The average Bonchev–Trinajstić information content (AvgIpc) is 2.73. The number of benzene rings is 2. The third-order valence-corrected chi connectivity index (χ3v) is 5.48. The highest BCUT2D eigenvalue weighted by atomic mass is 35.5. The number of aryl methyl sites for hydroxylation is 1. The normalized spacial score (nSPS) is 14.5. The van der Waals surface area contributed by atoms with Crippen LogP contribution in [-0.2, 0) is 4.79 Å². The molecule has 6 heteroatoms. The van der Waals surface area contributed by atoms with Gasteiger partial charge in [-0.15, -0.1) is 0 Å². The number of carbonyl (C=O) groups is 2. The van der Waals surface area contributed by atoms with Gasteiger partial charge >= 0.3 is 0 Å². The van der Waals surface area contributed by atoms with Crippen LogP contribution in [0.25, 0.3) is 0 Å². The van der Waals surface area contributed by atoms with Gasteiger partial charge in [-0.05, 0) is 49.9 Å². The molecule has 1 aliphatic heterocycles. The number of carbonyl (C=O) groups excluding carboxylic acids is 2. The zero-order valence-electron chi connectivity index (χ0n) is 16.7. The van der Waals surface area contributed by atoms with Crippen molar-refractivity contribution < 1.29 is 14.3 Å². The van der Waals surface area contributed by atoms with Crippen molar-refractivity contribution in [1.29, 1.82) is 0 Å². The SMILES string of the molecule is Cc1ccccc1C(=O)N1CCC(NC(=O)CCCOc2ccccc2Cl)CC1. The van der Waals surface area contributed by atoms with Crippen LogP contribution in [0.15, 0.2) is 48.5 Å². The number of piperidine rings is 1. The predicted octanol–water partition coefficient (Wildman–Crippen LogP) is 4.23. The third-order valence-electron chi connectivity index (χ3n) is 5.17. The maximum atomic E-state index is 12.7. The summed E-state index contributed by atoms with van der Waals surface area (Å²) in [7, 11) is 0. The van der Waals surface area contributed by atoms with Crippen molar-refractivity contribution in [3.05, 3.63) is 64.7 Å². The van der Waals surface area contributed by atoms with E-state index in [9.17, 15) is 9.59 Å². The van der Waals surface area contributed by atoms with E-state index in [4.69, 9.17) is 16.3 Å². The number of hydrogen-bond donors (Lipinski definition) is 1. The molecule has 1 fully saturated rings. The molecule has 3 rings (SSSR count). The molecular weight excluding hydrogens is 388 g/mol. The molecule has 0 radical (unpaired) electrons. The minimum atomic E-state index is 0.0245. The first kappa shape index (κ1) is 21.2. The molecular formula is C23H27ClN2O3. The van der Waals surface area contributed by atoms with E-state index < -0.39 is 0 Å². The zero-order valence-corrected chi connectivity index (χ0v) is 17.5. The Hall–Kier alpha value is -2.53. The fourth-order valence-electron chi connectivity index (χ4n) is 3.49. The molecule has 1 heterocycles. The maximum Gasteiger partial charge on any atom is 0.254 e. The molecule has 2 aromatic rings. The monoisotopic (exact) mass is 414 g/mol. The lowest BCUT2D eigenvalue weighted by Gasteiger charge is -2.32. The van der Waals surface area contributed by atoms with Gasteiger partial charge in [-0.2, -0.15) is 0 Å². The van der Waals surface area contributed by atoms with Gasteiger partial charge in [0.05, 0.1) is 11.6 Å². The number of likely N-dealkylation sites (tertiary alicyclic amines) is 1. The summed E-state index contributed by atoms with van der Waals surface area (Å²) in [6.45, 7) is 3.72. The Morgan fingerprint density at radius 3 is 2.52 bits per heavy atom. The minimum absolute atomic E-state index is 0.0245. The van der Waals surface area contributed by atoms with Crippen molar-refractivity contribution in [3.63, 3.8) is 0 Å². The van der Waals surface area contributed by atoms with Crippen LogP contribution in [0.1, 0.15) is 41.6 Å². The van der Waals surface area contributed by atoms with E-state index >= 15 is 0 Å². The third kappa shape index (κ3) is 5.97. The molecule has 2 amide bonds. The Morgan fingerprint density at radius 2 is 1.79 bits per heavy atom. The molecule has 0 aliphatic carbocycles. The lowest BCUT2D eigenvalue weighted by Crippen LogP contribution is -2.46. The van der Waals surface area contributed by atoms with E-state index in [1.54, 1.807) is 6.07 Å². The summed E-state index contributed by atoms with van der Waals surface area (Å²) in [5.74, 6) is 0.737. The fourth-order valence-corrected chi connectivity index (χ4v) is 3.68. The fraction of sp³-hybridized carbons (Fsp3) is 0.391. The van der Waals surface area contributed by atoms with Crippen LogP contribution in [0.5, 0.6) is 5.75 Å². The maximum absolute atomic E-state index is 12.7. The second-order valence-electron chi connectivity index (χ2n) is 7.33. The Balaban J connectivity index is 1.36. The number of nitrogens with zero attached hydrogens (tertiary/aromatic N) is 1. The van der Waals surface area contributed by atoms with Gasteiger partial charge in [0, 0.05) is 31.1 Å². The molecule has 0 bridgehead atoms. The standard InChI is InChI=1S/C23H27ClN2O3/c1-17-7-2-3-8-19(17)23(28)26-14-12-18(13-15-26)25-22(27)11-6-16-29-21-10-5-4-9-20(21)24/h2-5,7-10,18H,6,11-16H2,1H3,(H,25,27). The van der Waals surface area contributed by atoms with E-state index in [1.165, 1.54) is 0 Å². The van der Waals surface area contributed by atoms with Crippen molar-refractivity contribution in [2.75, 3.05) is 19.7 Å². The average molecular weight is 415 g/mol. The van der Waals surface area contributed by atoms with Crippen LogP contribution in [0.2, 0.25) is 5.02 Å². The summed E-state index contributed by atoms with van der Waals surface area (Å²) >= 11 is 6.04. The molecule has 1 saturated heterocycles.